The van der Waals surface area contributed by atoms with Crippen LogP contribution in [0.2, 0.25) is 0 Å². The largest absolute Gasteiger partial charge is 0.356 e. The van der Waals surface area contributed by atoms with Crippen LogP contribution in [0.15, 0.2) is 0 Å². The minimum Gasteiger partial charge on any atom is -0.356 e. The average Bonchev–Trinajstić information content (AvgIpc) is 2.72. The molecule has 0 aromatic rings. The van der Waals surface area contributed by atoms with E-state index in [0.29, 0.717) is 6.42 Å². The van der Waals surface area contributed by atoms with Crippen LogP contribution in [0.5, 0.6) is 0 Å². The Balaban J connectivity index is 3.10. The molecule has 0 aromatic heterocycles. The number of carbonyl (C=O) groups excluding carboxylic acids is 1. The van der Waals surface area contributed by atoms with Gasteiger partial charge in [-0.25, -0.2) is 0 Å². The zero-order valence-electron chi connectivity index (χ0n) is 20.8. The predicted molar refractivity (Wildman–Crippen MR) is 138 cm³/mol. The van der Waals surface area contributed by atoms with Crippen LogP contribution in [-0.4, -0.2) is 49.5 Å². The van der Waals surface area contributed by atoms with Crippen molar-refractivity contribution in [2.75, 3.05) is 38.7 Å². The maximum Gasteiger partial charge on any atom is 0.219 e. The number of carbonyl (C=O) groups is 1. The van der Waals surface area contributed by atoms with Crippen molar-refractivity contribution in [1.82, 2.24) is 10.2 Å². The molecule has 4 heteroatoms. The molecule has 0 fully saturated rings. The molecule has 0 heterocycles. The summed E-state index contributed by atoms with van der Waals surface area (Å²) in [5.41, 5.74) is 0. The fraction of sp³-hybridized carbons (Fsp3) is 0.962. The molecule has 0 aromatic carbocycles. The lowest BCUT2D eigenvalue weighted by Crippen LogP contribution is -2.26. The van der Waals surface area contributed by atoms with Gasteiger partial charge in [0.15, 0.2) is 0 Å². The summed E-state index contributed by atoms with van der Waals surface area (Å²) in [4.78, 5) is 13.9. The molecule has 30 heavy (non-hydrogen) atoms. The molecule has 0 rings (SSSR count). The first-order chi connectivity index (χ1) is 14.7. The van der Waals surface area contributed by atoms with Crippen LogP contribution in [0.3, 0.4) is 0 Å². The molecule has 0 spiro atoms. The van der Waals surface area contributed by atoms with Gasteiger partial charge in [-0.1, -0.05) is 90.4 Å². The smallest absolute Gasteiger partial charge is 0.219 e. The second-order valence-corrected chi connectivity index (χ2v) is 10.4. The Kier molecular flexibility index (Phi) is 24.9. The monoisotopic (exact) mass is 442 g/mol. The zero-order valence-corrected chi connectivity index (χ0v) is 21.6. The fourth-order valence-electron chi connectivity index (χ4n) is 3.70. The van der Waals surface area contributed by atoms with E-state index in [1.807, 2.05) is 0 Å². The number of nitrogens with one attached hydrogen (secondary N) is 1. The van der Waals surface area contributed by atoms with Gasteiger partial charge in [0.2, 0.25) is 5.91 Å². The molecule has 0 aliphatic heterocycles. The van der Waals surface area contributed by atoms with Crippen molar-refractivity contribution >= 4 is 17.7 Å². The minimum absolute atomic E-state index is 0.234. The summed E-state index contributed by atoms with van der Waals surface area (Å²) in [6.07, 6.45) is 23.7. The molecule has 1 amide bonds. The van der Waals surface area contributed by atoms with Crippen LogP contribution < -0.4 is 5.32 Å². The van der Waals surface area contributed by atoms with Gasteiger partial charge in [-0.15, -0.1) is 0 Å². The van der Waals surface area contributed by atoms with E-state index < -0.39 is 0 Å². The summed E-state index contributed by atoms with van der Waals surface area (Å²) in [5, 5.41) is 3.03. The van der Waals surface area contributed by atoms with Gasteiger partial charge < -0.3 is 10.2 Å². The van der Waals surface area contributed by atoms with Gasteiger partial charge >= 0.3 is 0 Å². The Morgan fingerprint density at radius 2 is 1.13 bits per heavy atom. The zero-order chi connectivity index (χ0) is 22.1. The third-order valence-corrected chi connectivity index (χ3v) is 6.84. The first kappa shape index (κ1) is 29.8. The molecule has 0 atom stereocenters. The Morgan fingerprint density at radius 1 is 0.667 bits per heavy atom. The van der Waals surface area contributed by atoms with Crippen molar-refractivity contribution in [3.8, 4) is 0 Å². The third-order valence-electron chi connectivity index (χ3n) is 5.69. The summed E-state index contributed by atoms with van der Waals surface area (Å²) in [6.45, 7) is 4.14. The van der Waals surface area contributed by atoms with Crippen LogP contribution in [0.4, 0.5) is 0 Å². The SMILES string of the molecule is CCCCCCCCCCSCCCCCCCCCCC(=O)NCCCN(C)C. The molecule has 0 saturated carbocycles. The van der Waals surface area contributed by atoms with Crippen molar-refractivity contribution in [3.05, 3.63) is 0 Å². The molecule has 1 N–H and O–H groups in total. The molecular weight excluding hydrogens is 388 g/mol. The topological polar surface area (TPSA) is 32.3 Å². The van der Waals surface area contributed by atoms with Gasteiger partial charge in [0, 0.05) is 13.0 Å². The molecule has 0 bridgehead atoms. The molecule has 180 valence electrons. The van der Waals surface area contributed by atoms with Crippen molar-refractivity contribution in [2.45, 2.75) is 122 Å². The Hall–Kier alpha value is -0.220. The minimum atomic E-state index is 0.234. The van der Waals surface area contributed by atoms with E-state index in [0.717, 1.165) is 25.9 Å². The molecule has 3 nitrogen and oxygen atoms in total. The van der Waals surface area contributed by atoms with Crippen LogP contribution >= 0.6 is 11.8 Å². The lowest BCUT2D eigenvalue weighted by molar-refractivity contribution is -0.121. The van der Waals surface area contributed by atoms with E-state index in [1.165, 1.54) is 108 Å². The molecule has 0 aliphatic rings. The quantitative estimate of drug-likeness (QED) is 0.158. The number of thioether (sulfide) groups is 1. The van der Waals surface area contributed by atoms with Crippen LogP contribution in [0.25, 0.3) is 0 Å². The van der Waals surface area contributed by atoms with E-state index in [1.54, 1.807) is 0 Å². The summed E-state index contributed by atoms with van der Waals surface area (Å²) >= 11 is 2.17. The van der Waals surface area contributed by atoms with Crippen molar-refractivity contribution in [2.24, 2.45) is 0 Å². The highest BCUT2D eigenvalue weighted by atomic mass is 32.2. The first-order valence-electron chi connectivity index (χ1n) is 13.2. The molecular formula is C26H54N2OS. The van der Waals surface area contributed by atoms with Crippen LogP contribution in [-0.2, 0) is 4.79 Å². The number of rotatable bonds is 24. The second kappa shape index (κ2) is 25.0. The van der Waals surface area contributed by atoms with Crippen LogP contribution in [0.1, 0.15) is 122 Å². The Morgan fingerprint density at radius 3 is 1.63 bits per heavy atom. The second-order valence-electron chi connectivity index (χ2n) is 9.17. The van der Waals surface area contributed by atoms with Gasteiger partial charge in [0.25, 0.3) is 0 Å². The highest BCUT2D eigenvalue weighted by Gasteiger charge is 2.01. The van der Waals surface area contributed by atoms with E-state index >= 15 is 0 Å². The lowest BCUT2D eigenvalue weighted by Gasteiger charge is -2.09. The Labute approximate surface area is 193 Å². The Bertz CT molecular complexity index is 350. The number of nitrogens with zero attached hydrogens (tertiary/aromatic N) is 1. The maximum atomic E-state index is 11.7. The van der Waals surface area contributed by atoms with E-state index in [9.17, 15) is 4.79 Å². The summed E-state index contributed by atoms with van der Waals surface area (Å²) in [5.74, 6) is 2.97. The number of hydrogen-bond acceptors (Lipinski definition) is 3. The first-order valence-corrected chi connectivity index (χ1v) is 14.3. The summed E-state index contributed by atoms with van der Waals surface area (Å²) in [7, 11) is 4.14. The average molecular weight is 443 g/mol. The fourth-order valence-corrected chi connectivity index (χ4v) is 4.72. The highest BCUT2D eigenvalue weighted by Crippen LogP contribution is 2.14. The highest BCUT2D eigenvalue weighted by molar-refractivity contribution is 7.99. The molecule has 0 saturated heterocycles. The summed E-state index contributed by atoms with van der Waals surface area (Å²) in [6, 6.07) is 0. The van der Waals surface area contributed by atoms with Gasteiger partial charge in [0.05, 0.1) is 0 Å². The van der Waals surface area contributed by atoms with Gasteiger partial charge in [-0.3, -0.25) is 4.79 Å². The normalized spacial score (nSPS) is 11.3. The molecule has 0 unspecified atom stereocenters. The van der Waals surface area contributed by atoms with E-state index in [4.69, 9.17) is 0 Å². The van der Waals surface area contributed by atoms with Crippen molar-refractivity contribution < 1.29 is 4.79 Å². The van der Waals surface area contributed by atoms with Gasteiger partial charge in [-0.05, 0) is 57.8 Å². The molecule has 0 aliphatic carbocycles. The number of unbranched alkanes of at least 4 members (excludes halogenated alkanes) is 14. The standard InChI is InChI=1S/C26H54N2OS/c1-4-5-6-7-8-12-15-18-24-30-25-19-16-13-10-9-11-14-17-21-26(29)27-22-20-23-28(2)3/h4-25H2,1-3H3,(H,27,29). The maximum absolute atomic E-state index is 11.7. The number of hydrogen-bond donors (Lipinski definition) is 1. The van der Waals surface area contributed by atoms with Gasteiger partial charge in [0.1, 0.15) is 0 Å². The molecule has 0 radical (unpaired) electrons. The van der Waals surface area contributed by atoms with E-state index in [-0.39, 0.29) is 5.91 Å². The van der Waals surface area contributed by atoms with E-state index in [2.05, 4.69) is 43.0 Å². The predicted octanol–water partition coefficient (Wildman–Crippen LogP) is 7.44. The third kappa shape index (κ3) is 25.8. The lowest BCUT2D eigenvalue weighted by atomic mass is 10.1. The summed E-state index contributed by atoms with van der Waals surface area (Å²) < 4.78 is 0. The van der Waals surface area contributed by atoms with Crippen molar-refractivity contribution in [1.29, 1.82) is 0 Å². The van der Waals surface area contributed by atoms with Crippen molar-refractivity contribution in [3.63, 3.8) is 0 Å². The van der Waals surface area contributed by atoms with Crippen LogP contribution in [0, 0.1) is 0 Å². The van der Waals surface area contributed by atoms with Gasteiger partial charge in [-0.2, -0.15) is 11.8 Å². The number of amides is 1.